The van der Waals surface area contributed by atoms with E-state index in [9.17, 15) is 0 Å². The van der Waals surface area contributed by atoms with Crippen molar-refractivity contribution in [1.82, 2.24) is 0 Å². The lowest BCUT2D eigenvalue weighted by atomic mass is 10.2. The molecule has 0 atom stereocenters. The van der Waals surface area contributed by atoms with Gasteiger partial charge in [0.25, 0.3) is 0 Å². The van der Waals surface area contributed by atoms with Crippen LogP contribution in [-0.2, 0) is 6.42 Å². The Morgan fingerprint density at radius 2 is 2.31 bits per heavy atom. The molecule has 0 unspecified atom stereocenters. The lowest BCUT2D eigenvalue weighted by Crippen LogP contribution is -2.11. The van der Waals surface area contributed by atoms with Crippen molar-refractivity contribution >= 4 is 17.3 Å². The first-order valence-corrected chi connectivity index (χ1v) is 4.87. The number of allylic oxidation sites excluding steroid dienone is 1. The summed E-state index contributed by atoms with van der Waals surface area (Å²) in [5.41, 5.74) is 2.65. The molecule has 0 fully saturated rings. The Labute approximate surface area is 83.6 Å². The first kappa shape index (κ1) is 8.64. The normalized spacial score (nSPS) is 15.4. The van der Waals surface area contributed by atoms with E-state index in [2.05, 4.69) is 29.3 Å². The Balaban J connectivity index is 2.38. The number of benzene rings is 1. The molecule has 0 spiro atoms. The van der Waals surface area contributed by atoms with Crippen molar-refractivity contribution in [2.75, 3.05) is 11.4 Å². The van der Waals surface area contributed by atoms with Crippen molar-refractivity contribution in [2.45, 2.75) is 13.3 Å². The first-order chi connectivity index (χ1) is 6.31. The van der Waals surface area contributed by atoms with Gasteiger partial charge in [0, 0.05) is 17.3 Å². The number of halogens is 1. The van der Waals surface area contributed by atoms with Gasteiger partial charge >= 0.3 is 0 Å². The van der Waals surface area contributed by atoms with Crippen LogP contribution in [0.2, 0.25) is 5.02 Å². The van der Waals surface area contributed by atoms with E-state index in [1.165, 1.54) is 11.3 Å². The van der Waals surface area contributed by atoms with Crippen LogP contribution in [0.4, 0.5) is 5.69 Å². The zero-order valence-corrected chi connectivity index (χ0v) is 8.38. The average molecular weight is 194 g/mol. The molecular formula is C11H12ClN. The van der Waals surface area contributed by atoms with Gasteiger partial charge in [-0.3, -0.25) is 0 Å². The Morgan fingerprint density at radius 1 is 1.46 bits per heavy atom. The van der Waals surface area contributed by atoms with Gasteiger partial charge < -0.3 is 4.90 Å². The van der Waals surface area contributed by atoms with E-state index in [1.807, 2.05) is 13.0 Å². The minimum Gasteiger partial charge on any atom is -0.348 e. The zero-order chi connectivity index (χ0) is 9.26. The molecule has 1 nitrogen and oxygen atoms in total. The number of rotatable bonds is 1. The molecule has 0 radical (unpaired) electrons. The van der Waals surface area contributed by atoms with E-state index in [-0.39, 0.29) is 0 Å². The maximum absolute atomic E-state index is 5.91. The van der Waals surface area contributed by atoms with E-state index in [0.717, 1.165) is 18.0 Å². The molecule has 2 rings (SSSR count). The highest BCUT2D eigenvalue weighted by Gasteiger charge is 2.16. The predicted molar refractivity (Wildman–Crippen MR) is 57.3 cm³/mol. The number of fused-ring (bicyclic) bond motifs is 1. The summed E-state index contributed by atoms with van der Waals surface area (Å²) in [5.74, 6) is 0. The largest absolute Gasteiger partial charge is 0.348 e. The number of anilines is 1. The standard InChI is InChI=1S/C11H12ClN/c1-2-6-13-7-5-9-8-10(12)3-4-11(9)13/h2-4,6,8H,5,7H2,1H3/b6-2+. The summed E-state index contributed by atoms with van der Waals surface area (Å²) in [4.78, 5) is 2.26. The molecule has 1 aromatic rings. The molecule has 1 heterocycles. The third-order valence-electron chi connectivity index (χ3n) is 2.30. The highest BCUT2D eigenvalue weighted by molar-refractivity contribution is 6.30. The monoisotopic (exact) mass is 193 g/mol. The Morgan fingerprint density at radius 3 is 3.08 bits per heavy atom. The van der Waals surface area contributed by atoms with E-state index >= 15 is 0 Å². The highest BCUT2D eigenvalue weighted by atomic mass is 35.5. The smallest absolute Gasteiger partial charge is 0.0440 e. The van der Waals surface area contributed by atoms with Crippen molar-refractivity contribution in [3.8, 4) is 0 Å². The fraction of sp³-hybridized carbons (Fsp3) is 0.273. The number of hydrogen-bond donors (Lipinski definition) is 0. The second-order valence-corrected chi connectivity index (χ2v) is 3.64. The van der Waals surface area contributed by atoms with Gasteiger partial charge in [-0.1, -0.05) is 17.7 Å². The summed E-state index contributed by atoms with van der Waals surface area (Å²) < 4.78 is 0. The number of hydrogen-bond acceptors (Lipinski definition) is 1. The first-order valence-electron chi connectivity index (χ1n) is 4.49. The van der Waals surface area contributed by atoms with Crippen LogP contribution < -0.4 is 4.90 Å². The zero-order valence-electron chi connectivity index (χ0n) is 7.63. The highest BCUT2D eigenvalue weighted by Crippen LogP contribution is 2.30. The fourth-order valence-electron chi connectivity index (χ4n) is 1.73. The molecule has 2 heteroatoms. The summed E-state index contributed by atoms with van der Waals surface area (Å²) in [6.45, 7) is 3.11. The van der Waals surface area contributed by atoms with E-state index in [0.29, 0.717) is 0 Å². The third kappa shape index (κ3) is 1.56. The second kappa shape index (κ2) is 3.43. The van der Waals surface area contributed by atoms with E-state index in [1.54, 1.807) is 0 Å². The van der Waals surface area contributed by atoms with Crippen LogP contribution in [0.5, 0.6) is 0 Å². The lowest BCUT2D eigenvalue weighted by Gasteiger charge is -2.12. The van der Waals surface area contributed by atoms with E-state index in [4.69, 9.17) is 11.6 Å². The van der Waals surface area contributed by atoms with Gasteiger partial charge in [0.05, 0.1) is 0 Å². The number of nitrogens with zero attached hydrogens (tertiary/aromatic N) is 1. The summed E-state index contributed by atoms with van der Waals surface area (Å²) >= 11 is 5.91. The molecule has 0 aliphatic carbocycles. The van der Waals surface area contributed by atoms with Crippen LogP contribution in [0, 0.1) is 0 Å². The van der Waals surface area contributed by atoms with Gasteiger partial charge in [0.15, 0.2) is 0 Å². The Hall–Kier alpha value is -0.950. The molecule has 1 aliphatic rings. The molecule has 1 aromatic carbocycles. The van der Waals surface area contributed by atoms with Crippen molar-refractivity contribution in [3.63, 3.8) is 0 Å². The minimum atomic E-state index is 0.834. The van der Waals surface area contributed by atoms with Gasteiger partial charge in [-0.25, -0.2) is 0 Å². The summed E-state index contributed by atoms with van der Waals surface area (Å²) in [6.07, 6.45) is 5.27. The molecule has 0 bridgehead atoms. The molecular weight excluding hydrogens is 182 g/mol. The van der Waals surface area contributed by atoms with Crippen LogP contribution in [0.1, 0.15) is 12.5 Å². The van der Waals surface area contributed by atoms with Gasteiger partial charge in [0.2, 0.25) is 0 Å². The van der Waals surface area contributed by atoms with Crippen molar-refractivity contribution in [3.05, 3.63) is 41.1 Å². The van der Waals surface area contributed by atoms with Crippen LogP contribution in [0.25, 0.3) is 0 Å². The summed E-state index contributed by atoms with van der Waals surface area (Å²) in [6, 6.07) is 6.09. The van der Waals surface area contributed by atoms with Crippen molar-refractivity contribution in [2.24, 2.45) is 0 Å². The summed E-state index contributed by atoms with van der Waals surface area (Å²) in [5, 5.41) is 0.834. The second-order valence-electron chi connectivity index (χ2n) is 3.20. The maximum Gasteiger partial charge on any atom is 0.0440 e. The average Bonchev–Trinajstić information content (AvgIpc) is 2.49. The molecule has 0 saturated heterocycles. The van der Waals surface area contributed by atoms with Crippen LogP contribution in [0.15, 0.2) is 30.5 Å². The van der Waals surface area contributed by atoms with Gasteiger partial charge in [-0.2, -0.15) is 0 Å². The lowest BCUT2D eigenvalue weighted by molar-refractivity contribution is 0.991. The van der Waals surface area contributed by atoms with Crippen molar-refractivity contribution < 1.29 is 0 Å². The molecule has 1 aliphatic heterocycles. The van der Waals surface area contributed by atoms with Gasteiger partial charge in [0.1, 0.15) is 0 Å². The van der Waals surface area contributed by atoms with Crippen molar-refractivity contribution in [1.29, 1.82) is 0 Å². The quantitative estimate of drug-likeness (QED) is 0.662. The van der Waals surface area contributed by atoms with Gasteiger partial charge in [-0.15, -0.1) is 0 Å². The maximum atomic E-state index is 5.91. The van der Waals surface area contributed by atoms with Crippen LogP contribution >= 0.6 is 11.6 Å². The third-order valence-corrected chi connectivity index (χ3v) is 2.54. The molecule has 0 amide bonds. The molecule has 13 heavy (non-hydrogen) atoms. The van der Waals surface area contributed by atoms with Crippen LogP contribution in [-0.4, -0.2) is 6.54 Å². The van der Waals surface area contributed by atoms with Gasteiger partial charge in [-0.05, 0) is 43.3 Å². The predicted octanol–water partition coefficient (Wildman–Crippen LogP) is 3.24. The Kier molecular flexibility index (Phi) is 2.28. The molecule has 0 aromatic heterocycles. The van der Waals surface area contributed by atoms with E-state index < -0.39 is 0 Å². The minimum absolute atomic E-state index is 0.834. The Bertz CT molecular complexity index is 344. The molecule has 0 saturated carbocycles. The molecule has 0 N–H and O–H groups in total. The van der Waals surface area contributed by atoms with Crippen LogP contribution in [0.3, 0.4) is 0 Å². The fourth-order valence-corrected chi connectivity index (χ4v) is 1.93. The molecule has 68 valence electrons. The SMILES string of the molecule is C/C=C/N1CCc2cc(Cl)ccc21. The topological polar surface area (TPSA) is 3.24 Å². The summed E-state index contributed by atoms with van der Waals surface area (Å²) in [7, 11) is 0.